The second-order valence-electron chi connectivity index (χ2n) is 15.9. The van der Waals surface area contributed by atoms with Crippen molar-refractivity contribution in [2.75, 3.05) is 0 Å². The molecule has 5 nitrogen and oxygen atoms in total. The number of rotatable bonds is 10. The van der Waals surface area contributed by atoms with Crippen LogP contribution in [-0.2, 0) is 9.53 Å². The molecule has 1 heterocycles. The van der Waals surface area contributed by atoms with E-state index in [4.69, 9.17) is 9.72 Å². The van der Waals surface area contributed by atoms with E-state index >= 15 is 0 Å². The van der Waals surface area contributed by atoms with Crippen LogP contribution in [0, 0.1) is 22.6 Å². The Morgan fingerprint density at radius 1 is 0.922 bits per heavy atom. The van der Waals surface area contributed by atoms with E-state index in [0.29, 0.717) is 5.92 Å². The van der Waals surface area contributed by atoms with E-state index in [1.54, 1.807) is 18.2 Å². The summed E-state index contributed by atoms with van der Waals surface area (Å²) in [6, 6.07) is 29.2. The summed E-state index contributed by atoms with van der Waals surface area (Å²) >= 11 is 0. The maximum atomic E-state index is 13.9. The number of carbonyl (C=O) groups is 1. The molecule has 262 valence electrons. The number of aliphatic hydroxyl groups is 2. The number of para-hydroxylation sites is 1. The molecule has 2 bridgehead atoms. The molecule has 2 N–H and O–H groups in total. The Hall–Kier alpha value is -4.39. The summed E-state index contributed by atoms with van der Waals surface area (Å²) in [5.74, 6) is -0.163. The number of esters is 1. The van der Waals surface area contributed by atoms with Crippen molar-refractivity contribution >= 4 is 33.7 Å². The average Bonchev–Trinajstić information content (AvgIpc) is 3.91. The van der Waals surface area contributed by atoms with Crippen LogP contribution in [0.5, 0.6) is 0 Å². The van der Waals surface area contributed by atoms with Gasteiger partial charge < -0.3 is 14.9 Å². The number of halogens is 1. The molecule has 6 heteroatoms. The van der Waals surface area contributed by atoms with Crippen LogP contribution >= 0.6 is 0 Å². The normalized spacial score (nSPS) is 25.1. The number of benzene rings is 4. The highest BCUT2D eigenvalue weighted by Crippen LogP contribution is 2.72. The first-order valence-corrected chi connectivity index (χ1v) is 18.4. The van der Waals surface area contributed by atoms with Gasteiger partial charge in [-0.05, 0) is 76.6 Å². The van der Waals surface area contributed by atoms with Crippen LogP contribution < -0.4 is 0 Å². The second kappa shape index (κ2) is 13.0. The molecule has 0 aliphatic heterocycles. The minimum absolute atomic E-state index is 0.0126. The lowest BCUT2D eigenvalue weighted by molar-refractivity contribution is -0.156. The number of fused-ring (bicyclic) bond motifs is 4. The first-order chi connectivity index (χ1) is 24.5. The first-order valence-electron chi connectivity index (χ1n) is 18.4. The highest BCUT2D eigenvalue weighted by molar-refractivity contribution is 5.99. The number of carbonyl (C=O) groups excluding carboxylic acids is 1. The molecule has 8 rings (SSSR count). The Kier molecular flexibility index (Phi) is 8.59. The van der Waals surface area contributed by atoms with E-state index < -0.39 is 18.2 Å². The van der Waals surface area contributed by atoms with Crippen molar-refractivity contribution in [1.82, 2.24) is 4.98 Å². The van der Waals surface area contributed by atoms with E-state index in [2.05, 4.69) is 63.2 Å². The fraction of sp³-hybridized carbons (Fsp3) is 0.378. The van der Waals surface area contributed by atoms with Crippen LogP contribution in [0.2, 0.25) is 0 Å². The summed E-state index contributed by atoms with van der Waals surface area (Å²) in [6.45, 7) is 6.98. The van der Waals surface area contributed by atoms with Gasteiger partial charge in [-0.2, -0.15) is 0 Å². The van der Waals surface area contributed by atoms with Gasteiger partial charge in [-0.15, -0.1) is 0 Å². The minimum atomic E-state index is -1.08. The number of ether oxygens (including phenoxy) is 1. The van der Waals surface area contributed by atoms with Gasteiger partial charge in [0, 0.05) is 40.7 Å². The van der Waals surface area contributed by atoms with Crippen molar-refractivity contribution < 1.29 is 24.1 Å². The molecule has 3 unspecified atom stereocenters. The molecule has 3 saturated carbocycles. The quantitative estimate of drug-likeness (QED) is 0.143. The van der Waals surface area contributed by atoms with Gasteiger partial charge in [0.15, 0.2) is 0 Å². The van der Waals surface area contributed by atoms with Crippen LogP contribution in [0.3, 0.4) is 0 Å². The highest BCUT2D eigenvalue weighted by atomic mass is 19.1. The van der Waals surface area contributed by atoms with E-state index in [1.807, 2.05) is 30.3 Å². The summed E-state index contributed by atoms with van der Waals surface area (Å²) in [4.78, 5) is 18.6. The van der Waals surface area contributed by atoms with Crippen molar-refractivity contribution in [1.29, 1.82) is 0 Å². The minimum Gasteiger partial charge on any atom is -0.461 e. The molecule has 0 spiro atoms. The van der Waals surface area contributed by atoms with Gasteiger partial charge in [0.2, 0.25) is 0 Å². The van der Waals surface area contributed by atoms with Gasteiger partial charge in [-0.3, -0.25) is 9.78 Å². The van der Waals surface area contributed by atoms with Gasteiger partial charge in [-0.25, -0.2) is 4.39 Å². The fourth-order valence-corrected chi connectivity index (χ4v) is 9.53. The van der Waals surface area contributed by atoms with E-state index in [1.165, 1.54) is 28.5 Å². The van der Waals surface area contributed by atoms with Crippen LogP contribution in [0.15, 0.2) is 97.1 Å². The van der Waals surface area contributed by atoms with E-state index in [-0.39, 0.29) is 47.4 Å². The van der Waals surface area contributed by atoms with Gasteiger partial charge in [0.25, 0.3) is 0 Å². The summed E-state index contributed by atoms with van der Waals surface area (Å²) < 4.78 is 20.3. The lowest BCUT2D eigenvalue weighted by atomic mass is 9.64. The zero-order valence-corrected chi connectivity index (χ0v) is 29.6. The number of nitrogens with zero attached hydrogens (tertiary/aromatic N) is 1. The summed E-state index contributed by atoms with van der Waals surface area (Å²) in [7, 11) is 0. The Balaban J connectivity index is 1.01. The summed E-state index contributed by atoms with van der Waals surface area (Å²) in [6.07, 6.45) is 5.13. The van der Waals surface area contributed by atoms with Gasteiger partial charge in [-0.1, -0.05) is 106 Å². The molecule has 4 aromatic carbocycles. The van der Waals surface area contributed by atoms with Crippen LogP contribution in [0.25, 0.3) is 38.9 Å². The van der Waals surface area contributed by atoms with Gasteiger partial charge in [0.1, 0.15) is 11.9 Å². The number of pyridine rings is 1. The summed E-state index contributed by atoms with van der Waals surface area (Å²) in [5, 5.41) is 25.5. The van der Waals surface area contributed by atoms with Crippen LogP contribution in [0.1, 0.15) is 88.0 Å². The standard InChI is InChI=1S/C45H46FNO4/c1-44(2)37-23-24-45(44,3)41(34-13-8-10-27-9-4-5-11-33(27)34)43(37)51-39(50)26-32(49)25-31(48)21-22-36-40(28-17-19-30(46)20-18-28)35-12-6-7-14-38(35)47-42(36)29-15-16-29/h4-14,17-22,29,31-32,37,41,43,48-49H,15-16,23-26H2,1-3H3/t31-,32-,37?,41?,43?,45-/m0/s1. The molecule has 3 aliphatic carbocycles. The lowest BCUT2D eigenvalue weighted by Crippen LogP contribution is -2.36. The van der Waals surface area contributed by atoms with Crippen molar-refractivity contribution in [2.45, 2.75) is 89.4 Å². The van der Waals surface area contributed by atoms with Gasteiger partial charge >= 0.3 is 5.97 Å². The van der Waals surface area contributed by atoms with Gasteiger partial charge in [0.05, 0.1) is 29.8 Å². The Morgan fingerprint density at radius 3 is 2.39 bits per heavy atom. The lowest BCUT2D eigenvalue weighted by Gasteiger charge is -2.40. The smallest absolute Gasteiger partial charge is 0.308 e. The molecule has 51 heavy (non-hydrogen) atoms. The molecule has 0 radical (unpaired) electrons. The summed E-state index contributed by atoms with van der Waals surface area (Å²) in [5.41, 5.74) is 5.69. The average molecular weight is 684 g/mol. The Labute approximate surface area is 299 Å². The van der Waals surface area contributed by atoms with Crippen molar-refractivity contribution in [3.8, 4) is 11.1 Å². The molecule has 3 fully saturated rings. The number of hydrogen-bond acceptors (Lipinski definition) is 5. The largest absolute Gasteiger partial charge is 0.461 e. The zero-order valence-electron chi connectivity index (χ0n) is 29.6. The third-order valence-corrected chi connectivity index (χ3v) is 12.7. The highest BCUT2D eigenvalue weighted by Gasteiger charge is 2.67. The zero-order chi connectivity index (χ0) is 35.5. The van der Waals surface area contributed by atoms with Crippen molar-refractivity contribution in [3.63, 3.8) is 0 Å². The molecule has 6 atom stereocenters. The predicted molar refractivity (Wildman–Crippen MR) is 201 cm³/mol. The number of aromatic nitrogens is 1. The third-order valence-electron chi connectivity index (χ3n) is 12.7. The molecule has 1 aromatic heterocycles. The SMILES string of the molecule is CC1(C)C2CC[C@@]1(C)C(c1cccc3ccccc13)C2OC(=O)C[C@@H](O)C[C@@H](O)C=Cc1c(C2CC2)nc2ccccc2c1-c1ccc(F)cc1. The monoisotopic (exact) mass is 683 g/mol. The second-order valence-corrected chi connectivity index (χ2v) is 15.9. The maximum absolute atomic E-state index is 13.9. The molecular formula is C45H46FNO4. The molecule has 0 saturated heterocycles. The molecular weight excluding hydrogens is 637 g/mol. The maximum Gasteiger partial charge on any atom is 0.308 e. The van der Waals surface area contributed by atoms with E-state index in [0.717, 1.165) is 59.0 Å². The third kappa shape index (κ3) is 5.96. The Bertz CT molecular complexity index is 2130. The Morgan fingerprint density at radius 2 is 1.63 bits per heavy atom. The molecule has 3 aliphatic rings. The molecule has 5 aromatic rings. The topological polar surface area (TPSA) is 79.7 Å². The number of hydrogen-bond donors (Lipinski definition) is 2. The molecule has 0 amide bonds. The first kappa shape index (κ1) is 33.7. The van der Waals surface area contributed by atoms with Crippen LogP contribution in [0.4, 0.5) is 4.39 Å². The van der Waals surface area contributed by atoms with Crippen LogP contribution in [-0.4, -0.2) is 39.5 Å². The van der Waals surface area contributed by atoms with Crippen molar-refractivity contribution in [2.24, 2.45) is 16.7 Å². The van der Waals surface area contributed by atoms with Crippen molar-refractivity contribution in [3.05, 3.63) is 120 Å². The van der Waals surface area contributed by atoms with E-state index in [9.17, 15) is 19.4 Å². The fourth-order valence-electron chi connectivity index (χ4n) is 9.53. The number of aliphatic hydroxyl groups excluding tert-OH is 2. The predicted octanol–water partition coefficient (Wildman–Crippen LogP) is 9.74.